The Hall–Kier alpha value is -3.92. The topological polar surface area (TPSA) is 192 Å². The van der Waals surface area contributed by atoms with Crippen molar-refractivity contribution >= 4 is 23.7 Å². The Kier molecular flexibility index (Phi) is 9.84. The molecule has 2 aromatic rings. The SMILES string of the molecule is NCc1ccc(C[C@H](NC(=O)c2ccccc2)C(=O)N[C@@H](CCCN=C(N)N)C(N)=O)cc1. The van der Waals surface area contributed by atoms with Crippen molar-refractivity contribution in [3.8, 4) is 0 Å². The lowest BCUT2D eigenvalue weighted by Gasteiger charge is -2.22. The van der Waals surface area contributed by atoms with Crippen molar-refractivity contribution in [2.75, 3.05) is 6.54 Å². The number of primary amides is 1. The van der Waals surface area contributed by atoms with Crippen LogP contribution in [0.25, 0.3) is 0 Å². The van der Waals surface area contributed by atoms with Gasteiger partial charge in [-0.05, 0) is 36.1 Å². The summed E-state index contributed by atoms with van der Waals surface area (Å²) in [7, 11) is 0. The molecule has 10 heteroatoms. The number of amides is 3. The van der Waals surface area contributed by atoms with Crippen molar-refractivity contribution in [1.82, 2.24) is 10.6 Å². The molecule has 10 nitrogen and oxygen atoms in total. The molecule has 0 heterocycles. The molecule has 0 aliphatic rings. The number of hydrogen-bond donors (Lipinski definition) is 6. The lowest BCUT2D eigenvalue weighted by atomic mass is 10.0. The fraction of sp³-hybridized carbons (Fsp3) is 0.304. The molecule has 0 aliphatic heterocycles. The predicted molar refractivity (Wildman–Crippen MR) is 127 cm³/mol. The number of guanidine groups is 1. The Bertz CT molecular complexity index is 958. The van der Waals surface area contributed by atoms with Gasteiger partial charge in [-0.1, -0.05) is 42.5 Å². The van der Waals surface area contributed by atoms with Crippen LogP contribution >= 0.6 is 0 Å². The lowest BCUT2D eigenvalue weighted by molar-refractivity contribution is -0.128. The largest absolute Gasteiger partial charge is 0.370 e. The van der Waals surface area contributed by atoms with Gasteiger partial charge in [-0.15, -0.1) is 0 Å². The maximum Gasteiger partial charge on any atom is 0.251 e. The van der Waals surface area contributed by atoms with Crippen molar-refractivity contribution < 1.29 is 14.4 Å². The number of nitrogens with zero attached hydrogens (tertiary/aromatic N) is 1. The van der Waals surface area contributed by atoms with Gasteiger partial charge < -0.3 is 33.6 Å². The van der Waals surface area contributed by atoms with Crippen LogP contribution in [0, 0.1) is 0 Å². The molecule has 0 aromatic heterocycles. The number of hydrogen-bond acceptors (Lipinski definition) is 5. The number of aliphatic imine (C=N–C) groups is 1. The molecule has 0 fully saturated rings. The minimum absolute atomic E-state index is 0.0565. The molecule has 2 atom stereocenters. The summed E-state index contributed by atoms with van der Waals surface area (Å²) < 4.78 is 0. The zero-order valence-electron chi connectivity index (χ0n) is 18.4. The van der Waals surface area contributed by atoms with Gasteiger partial charge in [-0.3, -0.25) is 19.4 Å². The molecule has 0 radical (unpaired) electrons. The highest BCUT2D eigenvalue weighted by molar-refractivity contribution is 5.98. The van der Waals surface area contributed by atoms with E-state index in [2.05, 4.69) is 15.6 Å². The number of rotatable bonds is 12. The van der Waals surface area contributed by atoms with Crippen LogP contribution in [-0.4, -0.2) is 42.3 Å². The Morgan fingerprint density at radius 3 is 2.06 bits per heavy atom. The summed E-state index contributed by atoms with van der Waals surface area (Å²) in [4.78, 5) is 41.5. The zero-order valence-corrected chi connectivity index (χ0v) is 18.4. The fourth-order valence-corrected chi connectivity index (χ4v) is 3.15. The Morgan fingerprint density at radius 1 is 0.848 bits per heavy atom. The van der Waals surface area contributed by atoms with E-state index < -0.39 is 29.8 Å². The molecule has 0 spiro atoms. The first-order chi connectivity index (χ1) is 15.8. The van der Waals surface area contributed by atoms with Gasteiger partial charge in [-0.2, -0.15) is 0 Å². The molecule has 33 heavy (non-hydrogen) atoms. The van der Waals surface area contributed by atoms with E-state index >= 15 is 0 Å². The smallest absolute Gasteiger partial charge is 0.251 e. The zero-order chi connectivity index (χ0) is 24.2. The van der Waals surface area contributed by atoms with Crippen LogP contribution in [0.4, 0.5) is 0 Å². The van der Waals surface area contributed by atoms with Crippen LogP contribution in [0.5, 0.6) is 0 Å². The highest BCUT2D eigenvalue weighted by Gasteiger charge is 2.26. The van der Waals surface area contributed by atoms with E-state index in [1.165, 1.54) is 0 Å². The van der Waals surface area contributed by atoms with Gasteiger partial charge in [0.25, 0.3) is 5.91 Å². The summed E-state index contributed by atoms with van der Waals surface area (Å²) in [6.45, 7) is 0.693. The number of carbonyl (C=O) groups is 3. The van der Waals surface area contributed by atoms with Gasteiger partial charge in [0.05, 0.1) is 0 Å². The molecule has 0 saturated heterocycles. The molecule has 10 N–H and O–H groups in total. The summed E-state index contributed by atoms with van der Waals surface area (Å²) in [5, 5.41) is 5.40. The van der Waals surface area contributed by atoms with Crippen LogP contribution in [0.2, 0.25) is 0 Å². The molecule has 0 saturated carbocycles. The van der Waals surface area contributed by atoms with Crippen LogP contribution in [-0.2, 0) is 22.6 Å². The van der Waals surface area contributed by atoms with Gasteiger partial charge in [0.1, 0.15) is 12.1 Å². The highest BCUT2D eigenvalue weighted by Crippen LogP contribution is 2.09. The first-order valence-corrected chi connectivity index (χ1v) is 10.6. The van der Waals surface area contributed by atoms with Crippen molar-refractivity contribution in [3.63, 3.8) is 0 Å². The van der Waals surface area contributed by atoms with Gasteiger partial charge in [0.15, 0.2) is 5.96 Å². The Morgan fingerprint density at radius 2 is 1.48 bits per heavy atom. The molecule has 3 amide bonds. The van der Waals surface area contributed by atoms with E-state index in [4.69, 9.17) is 22.9 Å². The van der Waals surface area contributed by atoms with Gasteiger partial charge >= 0.3 is 0 Å². The molecule has 2 rings (SSSR count). The number of benzene rings is 2. The standard InChI is InChI=1S/C23H31N7O3/c24-14-16-10-8-15(9-11-16)13-19(30-21(32)17-5-2-1-3-6-17)22(33)29-18(20(25)31)7-4-12-28-23(26)27/h1-3,5-6,8-11,18-19H,4,7,12-14,24H2,(H2,25,31)(H,29,33)(H,30,32)(H4,26,27,28)/t18-,19-/m0/s1. The van der Waals surface area contributed by atoms with Crippen LogP contribution in [0.3, 0.4) is 0 Å². The molecule has 176 valence electrons. The van der Waals surface area contributed by atoms with E-state index in [0.717, 1.165) is 11.1 Å². The first kappa shape index (κ1) is 25.3. The van der Waals surface area contributed by atoms with E-state index in [1.54, 1.807) is 30.3 Å². The van der Waals surface area contributed by atoms with E-state index in [9.17, 15) is 14.4 Å². The third kappa shape index (κ3) is 8.62. The molecule has 0 aliphatic carbocycles. The highest BCUT2D eigenvalue weighted by atomic mass is 16.2. The summed E-state index contributed by atoms with van der Waals surface area (Å²) in [6.07, 6.45) is 0.907. The van der Waals surface area contributed by atoms with Crippen molar-refractivity contribution in [3.05, 3.63) is 71.3 Å². The monoisotopic (exact) mass is 453 g/mol. The number of carbonyl (C=O) groups excluding carboxylic acids is 3. The first-order valence-electron chi connectivity index (χ1n) is 10.6. The van der Waals surface area contributed by atoms with E-state index in [-0.39, 0.29) is 18.8 Å². The third-order valence-corrected chi connectivity index (χ3v) is 4.96. The van der Waals surface area contributed by atoms with Gasteiger partial charge in [-0.25, -0.2) is 0 Å². The molecule has 0 unspecified atom stereocenters. The Balaban J connectivity index is 2.14. The van der Waals surface area contributed by atoms with Crippen LogP contribution in [0.1, 0.15) is 34.3 Å². The van der Waals surface area contributed by atoms with Crippen LogP contribution < -0.4 is 33.6 Å². The maximum atomic E-state index is 13.1. The Labute approximate surface area is 192 Å². The molecule has 0 bridgehead atoms. The summed E-state index contributed by atoms with van der Waals surface area (Å²) >= 11 is 0. The summed E-state index contributed by atoms with van der Waals surface area (Å²) in [5.41, 5.74) is 23.9. The molecular weight excluding hydrogens is 422 g/mol. The second-order valence-electron chi connectivity index (χ2n) is 7.53. The fourth-order valence-electron chi connectivity index (χ4n) is 3.15. The predicted octanol–water partition coefficient (Wildman–Crippen LogP) is -0.490. The van der Waals surface area contributed by atoms with Crippen LogP contribution in [0.15, 0.2) is 59.6 Å². The van der Waals surface area contributed by atoms with Crippen molar-refractivity contribution in [2.24, 2.45) is 27.9 Å². The average Bonchev–Trinajstić information content (AvgIpc) is 2.81. The van der Waals surface area contributed by atoms with E-state index in [0.29, 0.717) is 25.1 Å². The number of nitrogens with two attached hydrogens (primary N) is 4. The number of nitrogens with one attached hydrogen (secondary N) is 2. The second-order valence-corrected chi connectivity index (χ2v) is 7.53. The average molecular weight is 454 g/mol. The van der Waals surface area contributed by atoms with Crippen molar-refractivity contribution in [2.45, 2.75) is 37.9 Å². The van der Waals surface area contributed by atoms with Crippen molar-refractivity contribution in [1.29, 1.82) is 0 Å². The lowest BCUT2D eigenvalue weighted by Crippen LogP contribution is -2.53. The summed E-state index contributed by atoms with van der Waals surface area (Å²) in [6, 6.07) is 14.1. The quantitative estimate of drug-likeness (QED) is 0.143. The van der Waals surface area contributed by atoms with Gasteiger partial charge in [0, 0.05) is 25.1 Å². The van der Waals surface area contributed by atoms with Gasteiger partial charge in [0.2, 0.25) is 11.8 Å². The molecule has 2 aromatic carbocycles. The third-order valence-electron chi connectivity index (χ3n) is 4.96. The normalized spacial score (nSPS) is 12.3. The second kappa shape index (κ2) is 12.8. The minimum atomic E-state index is -0.930. The maximum absolute atomic E-state index is 13.1. The summed E-state index contributed by atoms with van der Waals surface area (Å²) in [5.74, 6) is -1.67. The molecular formula is C23H31N7O3. The van der Waals surface area contributed by atoms with E-state index in [1.807, 2.05) is 24.3 Å². The minimum Gasteiger partial charge on any atom is -0.370 e.